The average Bonchev–Trinajstić information content (AvgIpc) is 2.37. The fourth-order valence-electron chi connectivity index (χ4n) is 2.07. The van der Waals surface area contributed by atoms with Crippen molar-refractivity contribution in [2.75, 3.05) is 30.8 Å². The van der Waals surface area contributed by atoms with Crippen LogP contribution in [0.2, 0.25) is 0 Å². The van der Waals surface area contributed by atoms with Crippen LogP contribution in [0.15, 0.2) is 24.3 Å². The van der Waals surface area contributed by atoms with Crippen molar-refractivity contribution in [3.8, 4) is 0 Å². The quantitative estimate of drug-likeness (QED) is 0.836. The van der Waals surface area contributed by atoms with Crippen molar-refractivity contribution in [1.29, 1.82) is 0 Å². The van der Waals surface area contributed by atoms with E-state index >= 15 is 0 Å². The van der Waals surface area contributed by atoms with E-state index in [-0.39, 0.29) is 11.9 Å². The van der Waals surface area contributed by atoms with E-state index in [9.17, 15) is 4.79 Å². The maximum Gasteiger partial charge on any atom is 0.246 e. The number of hydrogen-bond donors (Lipinski definition) is 2. The fraction of sp³-hybridized carbons (Fsp3) is 0.462. The van der Waals surface area contributed by atoms with Gasteiger partial charge in [-0.3, -0.25) is 4.79 Å². The van der Waals surface area contributed by atoms with E-state index in [2.05, 4.69) is 17.6 Å². The molecule has 2 rings (SSSR count). The molecular weight excluding hydrogens is 214 g/mol. The lowest BCUT2D eigenvalue weighted by atomic mass is 10.1. The molecule has 17 heavy (non-hydrogen) atoms. The number of benzene rings is 1. The summed E-state index contributed by atoms with van der Waals surface area (Å²) in [5.74, 6) is 0.147. The van der Waals surface area contributed by atoms with Gasteiger partial charge in [-0.05, 0) is 18.6 Å². The highest BCUT2D eigenvalue weighted by Crippen LogP contribution is 2.25. The van der Waals surface area contributed by atoms with Gasteiger partial charge in [-0.25, -0.2) is 0 Å². The van der Waals surface area contributed by atoms with E-state index in [1.54, 1.807) is 4.90 Å². The van der Waals surface area contributed by atoms with Crippen LogP contribution < -0.4 is 10.6 Å². The molecule has 1 atom stereocenters. The lowest BCUT2D eigenvalue weighted by Gasteiger charge is -2.30. The molecule has 1 aromatic rings. The van der Waals surface area contributed by atoms with Gasteiger partial charge in [0.25, 0.3) is 0 Å². The Hall–Kier alpha value is -1.71. The third-order valence-electron chi connectivity index (χ3n) is 2.99. The monoisotopic (exact) mass is 233 g/mol. The molecule has 1 aliphatic heterocycles. The standard InChI is InChI=1S/C13H19N3O/c1-3-8-16(2)13(17)12-9-14-10-6-4-5-7-11(10)15-12/h4-7,12,14-15H,3,8-9H2,1-2H3. The van der Waals surface area contributed by atoms with Crippen LogP contribution in [0.4, 0.5) is 11.4 Å². The molecule has 0 radical (unpaired) electrons. The number of anilines is 2. The number of hydrogen-bond acceptors (Lipinski definition) is 3. The summed E-state index contributed by atoms with van der Waals surface area (Å²) in [5, 5.41) is 6.56. The van der Waals surface area contributed by atoms with Crippen molar-refractivity contribution < 1.29 is 4.79 Å². The van der Waals surface area contributed by atoms with Gasteiger partial charge in [0.05, 0.1) is 11.4 Å². The summed E-state index contributed by atoms with van der Waals surface area (Å²) in [7, 11) is 1.86. The van der Waals surface area contributed by atoms with Gasteiger partial charge in [0.1, 0.15) is 6.04 Å². The molecule has 0 aliphatic carbocycles. The van der Waals surface area contributed by atoms with Crippen molar-refractivity contribution in [2.24, 2.45) is 0 Å². The Bertz CT molecular complexity index is 405. The second-order valence-electron chi connectivity index (χ2n) is 4.38. The van der Waals surface area contributed by atoms with Crippen LogP contribution in [0.1, 0.15) is 13.3 Å². The summed E-state index contributed by atoms with van der Waals surface area (Å²) >= 11 is 0. The maximum atomic E-state index is 12.1. The van der Waals surface area contributed by atoms with Gasteiger partial charge in [0.15, 0.2) is 0 Å². The molecule has 2 N–H and O–H groups in total. The summed E-state index contributed by atoms with van der Waals surface area (Å²) in [4.78, 5) is 13.9. The van der Waals surface area contributed by atoms with Crippen LogP contribution in [0.5, 0.6) is 0 Å². The maximum absolute atomic E-state index is 12.1. The van der Waals surface area contributed by atoms with Crippen molar-refractivity contribution in [3.05, 3.63) is 24.3 Å². The van der Waals surface area contributed by atoms with Gasteiger partial charge >= 0.3 is 0 Å². The summed E-state index contributed by atoms with van der Waals surface area (Å²) in [6.45, 7) is 3.52. The van der Waals surface area contributed by atoms with Crippen LogP contribution in [0.25, 0.3) is 0 Å². The Kier molecular flexibility index (Phi) is 3.52. The van der Waals surface area contributed by atoms with Crippen molar-refractivity contribution in [3.63, 3.8) is 0 Å². The van der Waals surface area contributed by atoms with E-state index in [0.717, 1.165) is 24.3 Å². The van der Waals surface area contributed by atoms with E-state index in [0.29, 0.717) is 6.54 Å². The lowest BCUT2D eigenvalue weighted by Crippen LogP contribution is -2.46. The molecule has 4 nitrogen and oxygen atoms in total. The van der Waals surface area contributed by atoms with Crippen LogP contribution in [0, 0.1) is 0 Å². The topological polar surface area (TPSA) is 44.4 Å². The number of fused-ring (bicyclic) bond motifs is 1. The minimum Gasteiger partial charge on any atom is -0.381 e. The van der Waals surface area contributed by atoms with Crippen molar-refractivity contribution in [1.82, 2.24) is 4.90 Å². The van der Waals surface area contributed by atoms with E-state index < -0.39 is 0 Å². The largest absolute Gasteiger partial charge is 0.381 e. The Morgan fingerprint density at radius 3 is 2.82 bits per heavy atom. The molecular formula is C13H19N3O. The highest BCUT2D eigenvalue weighted by Gasteiger charge is 2.25. The van der Waals surface area contributed by atoms with Gasteiger partial charge in [0, 0.05) is 20.1 Å². The zero-order valence-corrected chi connectivity index (χ0v) is 10.4. The third kappa shape index (κ3) is 2.52. The number of amides is 1. The fourth-order valence-corrected chi connectivity index (χ4v) is 2.07. The van der Waals surface area contributed by atoms with Crippen LogP contribution in [-0.4, -0.2) is 37.0 Å². The number of rotatable bonds is 3. The Balaban J connectivity index is 2.05. The first kappa shape index (κ1) is 11.8. The minimum absolute atomic E-state index is 0.147. The number of carbonyl (C=O) groups excluding carboxylic acids is 1. The van der Waals surface area contributed by atoms with Crippen LogP contribution in [-0.2, 0) is 4.79 Å². The third-order valence-corrected chi connectivity index (χ3v) is 2.99. The first-order valence-corrected chi connectivity index (χ1v) is 6.06. The summed E-state index contributed by atoms with van der Waals surface area (Å²) in [5.41, 5.74) is 2.07. The smallest absolute Gasteiger partial charge is 0.246 e. The first-order valence-electron chi connectivity index (χ1n) is 6.06. The number of carbonyl (C=O) groups is 1. The number of nitrogens with zero attached hydrogens (tertiary/aromatic N) is 1. The summed E-state index contributed by atoms with van der Waals surface area (Å²) in [6.07, 6.45) is 0.985. The summed E-state index contributed by atoms with van der Waals surface area (Å²) < 4.78 is 0. The molecule has 0 saturated carbocycles. The summed E-state index contributed by atoms with van der Waals surface area (Å²) in [6, 6.07) is 7.79. The van der Waals surface area contributed by atoms with E-state index in [1.807, 2.05) is 31.3 Å². The normalized spacial score (nSPS) is 17.6. The minimum atomic E-state index is -0.165. The molecule has 0 saturated heterocycles. The predicted octanol–water partition coefficient (Wildman–Crippen LogP) is 1.76. The van der Waals surface area contributed by atoms with Crippen LogP contribution >= 0.6 is 0 Å². The van der Waals surface area contributed by atoms with Gasteiger partial charge in [-0.15, -0.1) is 0 Å². The molecule has 0 fully saturated rings. The second kappa shape index (κ2) is 5.08. The SMILES string of the molecule is CCCN(C)C(=O)C1CNc2ccccc2N1. The molecule has 1 aliphatic rings. The van der Waals surface area contributed by atoms with Crippen molar-refractivity contribution >= 4 is 17.3 Å². The number of nitrogens with one attached hydrogen (secondary N) is 2. The molecule has 0 aromatic heterocycles. The van der Waals surface area contributed by atoms with Crippen molar-refractivity contribution in [2.45, 2.75) is 19.4 Å². The molecule has 1 aromatic carbocycles. The second-order valence-corrected chi connectivity index (χ2v) is 4.38. The van der Waals surface area contributed by atoms with Gasteiger partial charge in [-0.1, -0.05) is 19.1 Å². The molecule has 1 heterocycles. The van der Waals surface area contributed by atoms with Crippen LogP contribution in [0.3, 0.4) is 0 Å². The molecule has 0 spiro atoms. The average molecular weight is 233 g/mol. The lowest BCUT2D eigenvalue weighted by molar-refractivity contribution is -0.130. The highest BCUT2D eigenvalue weighted by molar-refractivity contribution is 5.88. The van der Waals surface area contributed by atoms with Gasteiger partial charge in [0.2, 0.25) is 5.91 Å². The zero-order valence-electron chi connectivity index (χ0n) is 10.4. The molecule has 4 heteroatoms. The Morgan fingerprint density at radius 1 is 1.41 bits per heavy atom. The highest BCUT2D eigenvalue weighted by atomic mass is 16.2. The Morgan fingerprint density at radius 2 is 2.12 bits per heavy atom. The molecule has 92 valence electrons. The predicted molar refractivity (Wildman–Crippen MR) is 70.3 cm³/mol. The number of para-hydroxylation sites is 2. The molecule has 1 amide bonds. The van der Waals surface area contributed by atoms with Gasteiger partial charge < -0.3 is 15.5 Å². The van der Waals surface area contributed by atoms with Gasteiger partial charge in [-0.2, -0.15) is 0 Å². The van der Waals surface area contributed by atoms with E-state index in [4.69, 9.17) is 0 Å². The molecule has 1 unspecified atom stereocenters. The molecule has 0 bridgehead atoms. The zero-order chi connectivity index (χ0) is 12.3. The first-order chi connectivity index (χ1) is 8.22. The number of likely N-dealkylation sites (N-methyl/N-ethyl adjacent to an activating group) is 1. The Labute approximate surface area is 102 Å². The van der Waals surface area contributed by atoms with E-state index in [1.165, 1.54) is 0 Å².